The standard InChI is InChI=1S/C10H15N5O3/c1-12-3-5-14(6-4-12)10(16)9-8(15(17)18)7-13(2)11-9/h7H,3-6H2,1-2H3. The number of carbonyl (C=O) groups excluding carboxylic acids is 1. The number of aromatic nitrogens is 2. The normalized spacial score (nSPS) is 16.9. The Labute approximate surface area is 104 Å². The predicted molar refractivity (Wildman–Crippen MR) is 63.3 cm³/mol. The van der Waals surface area contributed by atoms with Gasteiger partial charge in [-0.05, 0) is 7.05 Å². The van der Waals surface area contributed by atoms with E-state index in [-0.39, 0.29) is 17.3 Å². The highest BCUT2D eigenvalue weighted by Gasteiger charge is 2.30. The molecule has 1 fully saturated rings. The summed E-state index contributed by atoms with van der Waals surface area (Å²) in [7, 11) is 3.54. The van der Waals surface area contributed by atoms with Gasteiger partial charge in [0.25, 0.3) is 5.91 Å². The smallest absolute Gasteiger partial charge is 0.320 e. The van der Waals surface area contributed by atoms with Gasteiger partial charge >= 0.3 is 5.69 Å². The molecule has 98 valence electrons. The summed E-state index contributed by atoms with van der Waals surface area (Å²) < 4.78 is 1.29. The summed E-state index contributed by atoms with van der Waals surface area (Å²) in [6.45, 7) is 2.69. The quantitative estimate of drug-likeness (QED) is 0.534. The Morgan fingerprint density at radius 2 is 1.94 bits per heavy atom. The summed E-state index contributed by atoms with van der Waals surface area (Å²) in [4.78, 5) is 26.2. The third-order valence-electron chi connectivity index (χ3n) is 3.00. The second kappa shape index (κ2) is 4.73. The lowest BCUT2D eigenvalue weighted by atomic mass is 10.2. The van der Waals surface area contributed by atoms with Gasteiger partial charge in [-0.15, -0.1) is 0 Å². The zero-order valence-electron chi connectivity index (χ0n) is 10.4. The van der Waals surface area contributed by atoms with Crippen LogP contribution in [0.25, 0.3) is 0 Å². The minimum Gasteiger partial charge on any atom is -0.334 e. The van der Waals surface area contributed by atoms with Gasteiger partial charge in [-0.1, -0.05) is 0 Å². The molecular formula is C10H15N5O3. The molecule has 0 aromatic carbocycles. The molecule has 1 aliphatic heterocycles. The van der Waals surface area contributed by atoms with E-state index in [4.69, 9.17) is 0 Å². The Hall–Kier alpha value is -1.96. The van der Waals surface area contributed by atoms with Gasteiger partial charge < -0.3 is 9.80 Å². The topological polar surface area (TPSA) is 84.5 Å². The SMILES string of the molecule is CN1CCN(C(=O)c2nn(C)cc2[N+](=O)[O-])CC1. The third kappa shape index (κ3) is 2.33. The maximum Gasteiger partial charge on any atom is 0.320 e. The van der Waals surface area contributed by atoms with Crippen molar-refractivity contribution < 1.29 is 9.72 Å². The van der Waals surface area contributed by atoms with E-state index >= 15 is 0 Å². The van der Waals surface area contributed by atoms with E-state index in [9.17, 15) is 14.9 Å². The Morgan fingerprint density at radius 3 is 2.50 bits per heavy atom. The van der Waals surface area contributed by atoms with E-state index in [1.807, 2.05) is 7.05 Å². The molecule has 2 heterocycles. The zero-order valence-corrected chi connectivity index (χ0v) is 10.4. The summed E-state index contributed by atoms with van der Waals surface area (Å²) in [6.07, 6.45) is 1.25. The van der Waals surface area contributed by atoms with E-state index in [2.05, 4.69) is 10.00 Å². The van der Waals surface area contributed by atoms with Crippen molar-refractivity contribution in [1.29, 1.82) is 0 Å². The molecule has 1 aromatic heterocycles. The van der Waals surface area contributed by atoms with Gasteiger partial charge in [0.15, 0.2) is 0 Å². The molecule has 18 heavy (non-hydrogen) atoms. The minimum atomic E-state index is -0.573. The summed E-state index contributed by atoms with van der Waals surface area (Å²) in [6, 6.07) is 0. The van der Waals surface area contributed by atoms with Crippen molar-refractivity contribution in [2.75, 3.05) is 33.2 Å². The molecule has 2 rings (SSSR count). The highest BCUT2D eigenvalue weighted by molar-refractivity contribution is 5.96. The number of nitrogens with zero attached hydrogens (tertiary/aromatic N) is 5. The van der Waals surface area contributed by atoms with Gasteiger partial charge in [-0.25, -0.2) is 0 Å². The van der Waals surface area contributed by atoms with Gasteiger partial charge in [0, 0.05) is 33.2 Å². The zero-order chi connectivity index (χ0) is 13.3. The van der Waals surface area contributed by atoms with Crippen molar-refractivity contribution in [1.82, 2.24) is 19.6 Å². The monoisotopic (exact) mass is 253 g/mol. The molecule has 1 aromatic rings. The number of piperazine rings is 1. The number of rotatable bonds is 2. The Bertz CT molecular complexity index is 476. The average molecular weight is 253 g/mol. The second-order valence-corrected chi connectivity index (χ2v) is 4.39. The molecule has 1 saturated heterocycles. The first-order chi connectivity index (χ1) is 8.49. The molecule has 0 spiro atoms. The highest BCUT2D eigenvalue weighted by Crippen LogP contribution is 2.18. The summed E-state index contributed by atoms with van der Waals surface area (Å²) in [5.41, 5.74) is -0.312. The first-order valence-corrected chi connectivity index (χ1v) is 5.65. The molecule has 0 aliphatic carbocycles. The maximum atomic E-state index is 12.2. The largest absolute Gasteiger partial charge is 0.334 e. The molecule has 0 radical (unpaired) electrons. The summed E-state index contributed by atoms with van der Waals surface area (Å²) in [5, 5.41) is 14.7. The molecule has 0 saturated carbocycles. The van der Waals surface area contributed by atoms with Gasteiger partial charge in [0.2, 0.25) is 5.69 Å². The lowest BCUT2D eigenvalue weighted by molar-refractivity contribution is -0.385. The number of carbonyl (C=O) groups is 1. The molecule has 0 N–H and O–H groups in total. The molecule has 1 amide bonds. The molecule has 0 atom stereocenters. The van der Waals surface area contributed by atoms with Crippen molar-refractivity contribution in [3.05, 3.63) is 22.0 Å². The van der Waals surface area contributed by atoms with E-state index < -0.39 is 4.92 Å². The van der Waals surface area contributed by atoms with Crippen LogP contribution < -0.4 is 0 Å². The molecule has 0 unspecified atom stereocenters. The molecule has 1 aliphatic rings. The van der Waals surface area contributed by atoms with Crippen LogP contribution in [-0.4, -0.2) is 63.6 Å². The molecular weight excluding hydrogens is 238 g/mol. The highest BCUT2D eigenvalue weighted by atomic mass is 16.6. The number of likely N-dealkylation sites (N-methyl/N-ethyl adjacent to an activating group) is 1. The Morgan fingerprint density at radius 1 is 1.33 bits per heavy atom. The van der Waals surface area contributed by atoms with Crippen LogP contribution in [0.1, 0.15) is 10.5 Å². The van der Waals surface area contributed by atoms with Crippen molar-refractivity contribution in [2.24, 2.45) is 7.05 Å². The lowest BCUT2D eigenvalue weighted by Crippen LogP contribution is -2.47. The van der Waals surface area contributed by atoms with Crippen molar-refractivity contribution >= 4 is 11.6 Å². The van der Waals surface area contributed by atoms with Gasteiger partial charge in [-0.3, -0.25) is 19.6 Å². The van der Waals surface area contributed by atoms with Crippen molar-refractivity contribution in [3.8, 4) is 0 Å². The Kier molecular flexibility index (Phi) is 3.28. The molecule has 0 bridgehead atoms. The summed E-state index contributed by atoms with van der Waals surface area (Å²) in [5.74, 6) is -0.365. The van der Waals surface area contributed by atoms with Crippen LogP contribution in [-0.2, 0) is 7.05 Å². The Balaban J connectivity index is 2.21. The average Bonchev–Trinajstić information content (AvgIpc) is 2.71. The number of hydrogen-bond donors (Lipinski definition) is 0. The number of nitro groups is 1. The van der Waals surface area contributed by atoms with Crippen molar-refractivity contribution in [3.63, 3.8) is 0 Å². The maximum absolute atomic E-state index is 12.2. The van der Waals surface area contributed by atoms with E-state index in [1.54, 1.807) is 11.9 Å². The van der Waals surface area contributed by atoms with Crippen LogP contribution in [0.4, 0.5) is 5.69 Å². The summed E-state index contributed by atoms with van der Waals surface area (Å²) >= 11 is 0. The van der Waals surface area contributed by atoms with Crippen LogP contribution >= 0.6 is 0 Å². The molecule has 8 heteroatoms. The van der Waals surface area contributed by atoms with Crippen LogP contribution in [0, 0.1) is 10.1 Å². The van der Waals surface area contributed by atoms with Gasteiger partial charge in [-0.2, -0.15) is 5.10 Å². The van der Waals surface area contributed by atoms with Crippen LogP contribution in [0.5, 0.6) is 0 Å². The van der Waals surface area contributed by atoms with Crippen LogP contribution in [0.3, 0.4) is 0 Å². The van der Waals surface area contributed by atoms with Crippen molar-refractivity contribution in [2.45, 2.75) is 0 Å². The van der Waals surface area contributed by atoms with E-state index in [0.29, 0.717) is 13.1 Å². The van der Waals surface area contributed by atoms with Gasteiger partial charge in [0.05, 0.1) is 4.92 Å². The molecule has 8 nitrogen and oxygen atoms in total. The fourth-order valence-electron chi connectivity index (χ4n) is 1.92. The number of amides is 1. The fourth-order valence-corrected chi connectivity index (χ4v) is 1.92. The van der Waals surface area contributed by atoms with Crippen LogP contribution in [0.2, 0.25) is 0 Å². The third-order valence-corrected chi connectivity index (χ3v) is 3.00. The predicted octanol–water partition coefficient (Wildman–Crippen LogP) is -0.284. The fraction of sp³-hybridized carbons (Fsp3) is 0.600. The number of aryl methyl sites for hydroxylation is 1. The van der Waals surface area contributed by atoms with Crippen LogP contribution in [0.15, 0.2) is 6.20 Å². The van der Waals surface area contributed by atoms with E-state index in [1.165, 1.54) is 10.9 Å². The minimum absolute atomic E-state index is 0.0768. The number of hydrogen-bond acceptors (Lipinski definition) is 5. The lowest BCUT2D eigenvalue weighted by Gasteiger charge is -2.31. The second-order valence-electron chi connectivity index (χ2n) is 4.39. The first kappa shape index (κ1) is 12.5. The van der Waals surface area contributed by atoms with E-state index in [0.717, 1.165) is 13.1 Å². The van der Waals surface area contributed by atoms with Gasteiger partial charge in [0.1, 0.15) is 6.20 Å². The first-order valence-electron chi connectivity index (χ1n) is 5.65.